The number of fused-ring (bicyclic) bond motifs is 1. The second kappa shape index (κ2) is 11.2. The number of nitrogen functional groups attached to an aromatic ring is 1. The predicted octanol–water partition coefficient (Wildman–Crippen LogP) is -0.987. The number of amides is 3. The fourth-order valence-corrected chi connectivity index (χ4v) is 5.31. The Bertz CT molecular complexity index is 1200. The molecule has 1 fully saturated rings. The molecular weight excluding hydrogens is 531 g/mol. The van der Waals surface area contributed by atoms with Gasteiger partial charge in [-0.2, -0.15) is 9.36 Å². The first-order chi connectivity index (χ1) is 17.4. The number of nitrogens with two attached hydrogens (primary N) is 2. The van der Waals surface area contributed by atoms with Crippen LogP contribution in [0.2, 0.25) is 0 Å². The lowest BCUT2D eigenvalue weighted by Gasteiger charge is -2.49. The Morgan fingerprint density at radius 2 is 2.14 bits per heavy atom. The molecule has 0 unspecified atom stereocenters. The van der Waals surface area contributed by atoms with Crippen LogP contribution in [0.15, 0.2) is 28.6 Å². The van der Waals surface area contributed by atoms with Crippen molar-refractivity contribution < 1.29 is 38.0 Å². The Hall–Kier alpha value is -3.57. The number of carboxylic acids is 1. The molecule has 0 saturated carbocycles. The average Bonchev–Trinajstić information content (AvgIpc) is 3.27. The number of thioether (sulfide) groups is 1. The lowest BCUT2D eigenvalue weighted by atomic mass is 10.0. The van der Waals surface area contributed by atoms with E-state index in [9.17, 15) is 28.7 Å². The molecule has 3 atom stereocenters. The maximum atomic E-state index is 12.9. The first kappa shape index (κ1) is 28.0. The van der Waals surface area contributed by atoms with Crippen molar-refractivity contribution in [1.82, 2.24) is 19.6 Å². The van der Waals surface area contributed by atoms with E-state index in [1.807, 2.05) is 14.1 Å². The second-order valence-electron chi connectivity index (χ2n) is 8.62. The van der Waals surface area contributed by atoms with Crippen LogP contribution in [0.3, 0.4) is 0 Å². The number of rotatable bonds is 11. The Morgan fingerprint density at radius 1 is 1.43 bits per heavy atom. The highest BCUT2D eigenvalue weighted by atomic mass is 32.2. The van der Waals surface area contributed by atoms with Crippen molar-refractivity contribution in [2.45, 2.75) is 24.4 Å². The highest BCUT2D eigenvalue weighted by molar-refractivity contribution is 8.00. The van der Waals surface area contributed by atoms with Crippen molar-refractivity contribution in [3.8, 4) is 0 Å². The molecule has 3 amide bonds. The van der Waals surface area contributed by atoms with Crippen LogP contribution in [-0.4, -0.2) is 104 Å². The van der Waals surface area contributed by atoms with Crippen LogP contribution in [-0.2, 0) is 24.0 Å². The van der Waals surface area contributed by atoms with Crippen LogP contribution in [0.4, 0.5) is 9.52 Å². The normalized spacial score (nSPS) is 20.9. The Morgan fingerprint density at radius 3 is 2.70 bits per heavy atom. The zero-order chi connectivity index (χ0) is 27.5. The van der Waals surface area contributed by atoms with Gasteiger partial charge in [0.05, 0.1) is 20.6 Å². The molecule has 3 heterocycles. The van der Waals surface area contributed by atoms with Crippen LogP contribution in [0, 0.1) is 0 Å². The van der Waals surface area contributed by atoms with Gasteiger partial charge in [0.25, 0.3) is 24.6 Å². The quantitative estimate of drug-likeness (QED) is 0.113. The molecule has 0 aliphatic carbocycles. The summed E-state index contributed by atoms with van der Waals surface area (Å²) in [5, 5.41) is 15.0. The second-order valence-corrected chi connectivity index (χ2v) is 10.5. The number of aliphatic carboxylic acids is 1. The third-order valence-electron chi connectivity index (χ3n) is 5.92. The molecule has 0 aromatic carbocycles. The molecule has 1 aromatic heterocycles. The zero-order valence-electron chi connectivity index (χ0n) is 20.1. The lowest BCUT2D eigenvalue weighted by Crippen LogP contribution is -2.71. The number of likely N-dealkylation sites (N-methyl/N-ethyl adjacent to an activating group) is 1. The summed E-state index contributed by atoms with van der Waals surface area (Å²) < 4.78 is 16.6. The molecule has 0 spiro atoms. The van der Waals surface area contributed by atoms with E-state index < -0.39 is 53.7 Å². The Labute approximate surface area is 218 Å². The van der Waals surface area contributed by atoms with Gasteiger partial charge in [-0.15, -0.1) is 11.8 Å². The number of nitrogens with zero attached hydrogens (tertiary/aromatic N) is 5. The van der Waals surface area contributed by atoms with E-state index in [0.717, 1.165) is 16.4 Å². The van der Waals surface area contributed by atoms with E-state index >= 15 is 0 Å². The van der Waals surface area contributed by atoms with Gasteiger partial charge >= 0.3 is 5.97 Å². The van der Waals surface area contributed by atoms with E-state index in [1.165, 1.54) is 11.8 Å². The summed E-state index contributed by atoms with van der Waals surface area (Å²) in [5.41, 5.74) is 10.6. The molecule has 1 aromatic rings. The monoisotopic (exact) mass is 557 g/mol. The SMILES string of the molecule is C[C@@H](C(N)=O)[N+](C)(C)C/C=C/C1=C(C(=O)O)N2C(=O)[C@@H](NC(=O)/C(=N\OCF)c3nsc(N)n3)[C@@H]2SC1. The number of carboxylic acid groups (broad SMARTS) is 1. The van der Waals surface area contributed by atoms with Crippen molar-refractivity contribution in [3.05, 3.63) is 29.2 Å². The van der Waals surface area contributed by atoms with Gasteiger partial charge < -0.3 is 31.2 Å². The summed E-state index contributed by atoms with van der Waals surface area (Å²) in [6, 6.07) is -1.54. The van der Waals surface area contributed by atoms with Gasteiger partial charge in [-0.25, -0.2) is 9.18 Å². The number of quaternary nitrogens is 1. The molecule has 2 aliphatic heterocycles. The number of halogens is 1. The Balaban J connectivity index is 1.77. The maximum absolute atomic E-state index is 12.9. The summed E-state index contributed by atoms with van der Waals surface area (Å²) in [5.74, 6) is -3.29. The minimum atomic E-state index is -1.31. The number of anilines is 1. The minimum Gasteiger partial charge on any atom is -0.477 e. The van der Waals surface area contributed by atoms with Crippen LogP contribution >= 0.6 is 23.3 Å². The number of aromatic nitrogens is 2. The molecule has 14 nitrogen and oxygen atoms in total. The molecule has 0 bridgehead atoms. The standard InChI is InChI=1S/C20H25FN8O6S2/c1-9(14(22)30)29(2,3)6-4-5-10-7-36-18-12(17(32)28(18)13(10)19(33)34)24-16(31)11(26-35-8-21)15-25-20(23)37-27-15/h4-5,9,12,18H,6-8H2,1-3H3,(H5-,22,23,24,25,27,30,31,33,34)/p+1/b5-4+,26-11-/t9-,12+,18-/m0/s1. The third-order valence-corrected chi connectivity index (χ3v) is 7.76. The number of carbonyl (C=O) groups is 4. The van der Waals surface area contributed by atoms with E-state index in [1.54, 1.807) is 19.1 Å². The molecular formula is C20H26FN8O6S2+. The lowest BCUT2D eigenvalue weighted by molar-refractivity contribution is -0.898. The van der Waals surface area contributed by atoms with E-state index in [2.05, 4.69) is 24.7 Å². The maximum Gasteiger partial charge on any atom is 0.352 e. The first-order valence-electron chi connectivity index (χ1n) is 10.7. The fraction of sp³-hybridized carbons (Fsp3) is 0.450. The van der Waals surface area contributed by atoms with Crippen LogP contribution in [0.1, 0.15) is 12.7 Å². The van der Waals surface area contributed by atoms with Crippen LogP contribution < -0.4 is 16.8 Å². The van der Waals surface area contributed by atoms with Crippen molar-refractivity contribution in [2.75, 3.05) is 39.0 Å². The number of carbonyl (C=O) groups excluding carboxylic acids is 3. The van der Waals surface area contributed by atoms with E-state index in [4.69, 9.17) is 11.5 Å². The summed E-state index contributed by atoms with van der Waals surface area (Å²) in [4.78, 5) is 58.5. The number of hydrogen-bond donors (Lipinski definition) is 4. The smallest absolute Gasteiger partial charge is 0.352 e. The van der Waals surface area contributed by atoms with Crippen molar-refractivity contribution in [2.24, 2.45) is 10.9 Å². The Kier molecular flexibility index (Phi) is 8.49. The van der Waals surface area contributed by atoms with Gasteiger partial charge in [-0.05, 0) is 18.6 Å². The van der Waals surface area contributed by atoms with Crippen LogP contribution in [0.5, 0.6) is 0 Å². The largest absolute Gasteiger partial charge is 0.477 e. The minimum absolute atomic E-state index is 0.0348. The van der Waals surface area contributed by atoms with Crippen molar-refractivity contribution in [1.29, 1.82) is 0 Å². The van der Waals surface area contributed by atoms with Gasteiger partial charge in [0.15, 0.2) is 11.2 Å². The number of allylic oxidation sites excluding steroid dienone is 1. The average molecular weight is 558 g/mol. The number of alkyl halides is 1. The van der Waals surface area contributed by atoms with Crippen LogP contribution in [0.25, 0.3) is 0 Å². The molecule has 37 heavy (non-hydrogen) atoms. The van der Waals surface area contributed by atoms with Gasteiger partial charge in [0.1, 0.15) is 17.1 Å². The van der Waals surface area contributed by atoms with E-state index in [0.29, 0.717) is 12.1 Å². The molecule has 1 saturated heterocycles. The molecule has 2 aliphatic rings. The van der Waals surface area contributed by atoms with E-state index in [-0.39, 0.29) is 26.9 Å². The van der Waals surface area contributed by atoms with Crippen molar-refractivity contribution in [3.63, 3.8) is 0 Å². The number of primary amides is 1. The topological polar surface area (TPSA) is 203 Å². The zero-order valence-corrected chi connectivity index (χ0v) is 21.7. The van der Waals surface area contributed by atoms with Gasteiger partial charge in [0.2, 0.25) is 11.5 Å². The molecule has 17 heteroatoms. The van der Waals surface area contributed by atoms with Gasteiger partial charge in [-0.3, -0.25) is 19.3 Å². The number of hydrogen-bond acceptors (Lipinski definition) is 11. The van der Waals surface area contributed by atoms with Crippen molar-refractivity contribution >= 4 is 57.8 Å². The highest BCUT2D eigenvalue weighted by Crippen LogP contribution is 2.40. The highest BCUT2D eigenvalue weighted by Gasteiger charge is 2.54. The molecule has 200 valence electrons. The van der Waals surface area contributed by atoms with Gasteiger partial charge in [0, 0.05) is 17.3 Å². The summed E-state index contributed by atoms with van der Waals surface area (Å²) in [6.07, 6.45) is 3.33. The summed E-state index contributed by atoms with van der Waals surface area (Å²) in [7, 11) is 3.63. The van der Waals surface area contributed by atoms with Gasteiger partial charge in [-0.1, -0.05) is 11.2 Å². The molecule has 6 N–H and O–H groups in total. The number of nitrogens with one attached hydrogen (secondary N) is 1. The molecule has 3 rings (SSSR count). The third kappa shape index (κ3) is 5.89. The first-order valence-corrected chi connectivity index (χ1v) is 12.6. The predicted molar refractivity (Wildman–Crippen MR) is 132 cm³/mol. The number of β-lactam (4-membered cyclic amide) rings is 1. The summed E-state index contributed by atoms with van der Waals surface area (Å²) in [6.45, 7) is 0.774. The fourth-order valence-electron chi connectivity index (χ4n) is 3.55. The summed E-state index contributed by atoms with van der Waals surface area (Å²) >= 11 is 2.03. The molecule has 0 radical (unpaired) electrons. The number of oxime groups is 1.